The van der Waals surface area contributed by atoms with E-state index in [-0.39, 0.29) is 5.56 Å². The molecule has 2 aromatic carbocycles. The van der Waals surface area contributed by atoms with Gasteiger partial charge in [-0.2, -0.15) is 13.2 Å². The number of carbonyl (C=O) groups is 3. The zero-order valence-corrected chi connectivity index (χ0v) is 15.7. The zero-order valence-electron chi connectivity index (χ0n) is 15.7. The van der Waals surface area contributed by atoms with Crippen LogP contribution in [0.2, 0.25) is 0 Å². The van der Waals surface area contributed by atoms with Crippen LogP contribution in [-0.4, -0.2) is 40.3 Å². The number of hydrogen-bond acceptors (Lipinski definition) is 3. The van der Waals surface area contributed by atoms with Crippen molar-refractivity contribution in [2.24, 2.45) is 0 Å². The summed E-state index contributed by atoms with van der Waals surface area (Å²) in [6.07, 6.45) is -7.43. The number of rotatable bonds is 9. The summed E-state index contributed by atoms with van der Waals surface area (Å²) in [6, 6.07) is 13.3. The lowest BCUT2D eigenvalue weighted by Gasteiger charge is -2.26. The van der Waals surface area contributed by atoms with Crippen LogP contribution >= 0.6 is 0 Å². The van der Waals surface area contributed by atoms with Crippen LogP contribution in [-0.2, 0) is 14.4 Å². The lowest BCUT2D eigenvalue weighted by Crippen LogP contribution is -2.44. The van der Waals surface area contributed by atoms with Gasteiger partial charge in [0, 0.05) is 6.42 Å². The van der Waals surface area contributed by atoms with Gasteiger partial charge in [-0.3, -0.25) is 14.4 Å². The maximum Gasteiger partial charge on any atom is 0.391 e. The molecule has 160 valence electrons. The Morgan fingerprint density at radius 2 is 1.43 bits per heavy atom. The van der Waals surface area contributed by atoms with Crippen molar-refractivity contribution in [1.82, 2.24) is 5.32 Å². The van der Waals surface area contributed by atoms with Crippen LogP contribution in [0.15, 0.2) is 54.6 Å². The third-order valence-corrected chi connectivity index (χ3v) is 4.41. The highest BCUT2D eigenvalue weighted by Gasteiger charge is 2.40. The van der Waals surface area contributed by atoms with E-state index < -0.39 is 55.2 Å². The SMILES string of the molecule is O=C(O)CCC(=O)NC(CC(F)(F)F)C(C(=O)O)c1ccc(-c2ccccc2)cc1. The van der Waals surface area contributed by atoms with Gasteiger partial charge in [0.05, 0.1) is 18.9 Å². The van der Waals surface area contributed by atoms with Crippen molar-refractivity contribution < 1.29 is 37.8 Å². The Bertz CT molecular complexity index is 882. The Kier molecular flexibility index (Phi) is 7.57. The van der Waals surface area contributed by atoms with Gasteiger partial charge in [-0.15, -0.1) is 0 Å². The maximum atomic E-state index is 13.1. The average molecular weight is 423 g/mol. The van der Waals surface area contributed by atoms with E-state index in [2.05, 4.69) is 5.32 Å². The molecular weight excluding hydrogens is 403 g/mol. The molecule has 2 aromatic rings. The number of carboxylic acids is 2. The Morgan fingerprint density at radius 3 is 1.93 bits per heavy atom. The first-order chi connectivity index (χ1) is 14.1. The van der Waals surface area contributed by atoms with E-state index in [0.717, 1.165) is 11.1 Å². The second kappa shape index (κ2) is 9.91. The molecule has 2 unspecified atom stereocenters. The third-order valence-electron chi connectivity index (χ3n) is 4.41. The van der Waals surface area contributed by atoms with Crippen molar-refractivity contribution in [3.05, 3.63) is 60.2 Å². The number of amides is 1. The van der Waals surface area contributed by atoms with Crippen LogP contribution in [0.1, 0.15) is 30.7 Å². The van der Waals surface area contributed by atoms with Gasteiger partial charge in [0.15, 0.2) is 0 Å². The first-order valence-electron chi connectivity index (χ1n) is 9.03. The molecule has 3 N–H and O–H groups in total. The summed E-state index contributed by atoms with van der Waals surface area (Å²) in [4.78, 5) is 34.3. The fourth-order valence-corrected chi connectivity index (χ4v) is 3.06. The third kappa shape index (κ3) is 6.91. The lowest BCUT2D eigenvalue weighted by atomic mass is 9.88. The number of nitrogens with one attached hydrogen (secondary N) is 1. The number of hydrogen-bond donors (Lipinski definition) is 3. The molecule has 6 nitrogen and oxygen atoms in total. The molecule has 0 bridgehead atoms. The Labute approximate surface area is 170 Å². The van der Waals surface area contributed by atoms with Crippen LogP contribution < -0.4 is 5.32 Å². The number of aliphatic carboxylic acids is 2. The largest absolute Gasteiger partial charge is 0.481 e. The summed E-state index contributed by atoms with van der Waals surface area (Å²) >= 11 is 0. The highest BCUT2D eigenvalue weighted by Crippen LogP contribution is 2.31. The summed E-state index contributed by atoms with van der Waals surface area (Å²) in [6.45, 7) is 0. The number of halogens is 3. The first kappa shape index (κ1) is 22.9. The molecule has 0 radical (unpaired) electrons. The van der Waals surface area contributed by atoms with Crippen molar-refractivity contribution in [3.63, 3.8) is 0 Å². The number of carbonyl (C=O) groups excluding carboxylic acids is 1. The van der Waals surface area contributed by atoms with Crippen molar-refractivity contribution in [2.45, 2.75) is 37.4 Å². The minimum Gasteiger partial charge on any atom is -0.481 e. The van der Waals surface area contributed by atoms with Crippen molar-refractivity contribution in [2.75, 3.05) is 0 Å². The molecule has 0 aliphatic rings. The molecule has 2 rings (SSSR count). The van der Waals surface area contributed by atoms with Gasteiger partial charge < -0.3 is 15.5 Å². The quantitative estimate of drug-likeness (QED) is 0.569. The van der Waals surface area contributed by atoms with E-state index in [1.807, 2.05) is 30.3 Å². The van der Waals surface area contributed by atoms with Crippen LogP contribution in [0.4, 0.5) is 13.2 Å². The fourth-order valence-electron chi connectivity index (χ4n) is 3.06. The van der Waals surface area contributed by atoms with Crippen molar-refractivity contribution in [3.8, 4) is 11.1 Å². The number of carboxylic acid groups (broad SMARTS) is 2. The normalized spacial score (nSPS) is 13.3. The van der Waals surface area contributed by atoms with Crippen LogP contribution in [0.25, 0.3) is 11.1 Å². The predicted octanol–water partition coefficient (Wildman–Crippen LogP) is 3.82. The van der Waals surface area contributed by atoms with Crippen molar-refractivity contribution >= 4 is 17.8 Å². The minimum absolute atomic E-state index is 0.0926. The van der Waals surface area contributed by atoms with E-state index in [1.54, 1.807) is 12.1 Å². The zero-order chi connectivity index (χ0) is 22.3. The molecule has 2 atom stereocenters. The van der Waals surface area contributed by atoms with Gasteiger partial charge >= 0.3 is 18.1 Å². The summed E-state index contributed by atoms with van der Waals surface area (Å²) in [7, 11) is 0. The van der Waals surface area contributed by atoms with Crippen molar-refractivity contribution in [1.29, 1.82) is 0 Å². The minimum atomic E-state index is -4.73. The second-order valence-electron chi connectivity index (χ2n) is 6.69. The lowest BCUT2D eigenvalue weighted by molar-refractivity contribution is -0.151. The molecule has 1 amide bonds. The Balaban J connectivity index is 2.30. The predicted molar refractivity (Wildman–Crippen MR) is 102 cm³/mol. The van der Waals surface area contributed by atoms with Crippen LogP contribution in [0, 0.1) is 0 Å². The number of alkyl halides is 3. The standard InChI is InChI=1S/C21H20F3NO5/c22-21(23,24)12-16(25-17(26)10-11-18(27)28)19(20(29)30)15-8-6-14(7-9-15)13-4-2-1-3-5-13/h1-9,16,19H,10-12H2,(H,25,26)(H,27,28)(H,29,30). The fraction of sp³-hybridized carbons (Fsp3) is 0.286. The van der Waals surface area contributed by atoms with Gasteiger partial charge in [-0.05, 0) is 16.7 Å². The summed E-state index contributed by atoms with van der Waals surface area (Å²) < 4.78 is 39.2. The van der Waals surface area contributed by atoms with Gasteiger partial charge in [0.25, 0.3) is 0 Å². The molecule has 0 spiro atoms. The summed E-state index contributed by atoms with van der Waals surface area (Å²) in [5.41, 5.74) is 1.70. The first-order valence-corrected chi connectivity index (χ1v) is 9.03. The number of benzene rings is 2. The topological polar surface area (TPSA) is 104 Å². The molecule has 0 heterocycles. The van der Waals surface area contributed by atoms with E-state index in [9.17, 15) is 32.7 Å². The van der Waals surface area contributed by atoms with Gasteiger partial charge in [0.1, 0.15) is 5.92 Å². The van der Waals surface area contributed by atoms with Gasteiger partial charge in [-0.25, -0.2) is 0 Å². The smallest absolute Gasteiger partial charge is 0.391 e. The van der Waals surface area contributed by atoms with E-state index in [0.29, 0.717) is 0 Å². The molecule has 0 saturated heterocycles. The molecule has 9 heteroatoms. The molecule has 30 heavy (non-hydrogen) atoms. The molecule has 0 fully saturated rings. The Hall–Kier alpha value is -3.36. The van der Waals surface area contributed by atoms with Crippen LogP contribution in [0.5, 0.6) is 0 Å². The van der Waals surface area contributed by atoms with E-state index >= 15 is 0 Å². The molecule has 0 aliphatic carbocycles. The van der Waals surface area contributed by atoms with Gasteiger partial charge in [-0.1, -0.05) is 54.6 Å². The molecule has 0 saturated carbocycles. The van der Waals surface area contributed by atoms with Gasteiger partial charge in [0.2, 0.25) is 5.91 Å². The molecular formula is C21H20F3NO5. The second-order valence-corrected chi connectivity index (χ2v) is 6.69. The summed E-state index contributed by atoms with van der Waals surface area (Å²) in [5, 5.41) is 20.3. The maximum absolute atomic E-state index is 13.1. The highest BCUT2D eigenvalue weighted by molar-refractivity contribution is 5.83. The van der Waals surface area contributed by atoms with Crippen LogP contribution in [0.3, 0.4) is 0 Å². The highest BCUT2D eigenvalue weighted by atomic mass is 19.4. The van der Waals surface area contributed by atoms with E-state index in [4.69, 9.17) is 5.11 Å². The van der Waals surface area contributed by atoms with E-state index in [1.165, 1.54) is 12.1 Å². The molecule has 0 aliphatic heterocycles. The monoisotopic (exact) mass is 423 g/mol. The molecule has 0 aromatic heterocycles. The Morgan fingerprint density at radius 1 is 0.867 bits per heavy atom. The summed E-state index contributed by atoms with van der Waals surface area (Å²) in [5.74, 6) is -5.44. The average Bonchev–Trinajstić information content (AvgIpc) is 2.66.